The topological polar surface area (TPSA) is 77.6 Å². The molecule has 0 radical (unpaired) electrons. The standard InChI is InChI=1S/C14H16N6O/c1-10-5-3-4-6-12(10)15-7-8-20-14(21)11-9-16-19(2)13(11)17-18-20/h3-6,9,15H,7-8H2,1-2H3. The molecule has 7 heteroatoms. The third kappa shape index (κ3) is 2.49. The molecule has 0 aliphatic rings. The van der Waals surface area contributed by atoms with E-state index in [-0.39, 0.29) is 5.56 Å². The Morgan fingerprint density at radius 1 is 1.29 bits per heavy atom. The molecule has 0 saturated carbocycles. The minimum atomic E-state index is -0.167. The maximum absolute atomic E-state index is 12.2. The zero-order valence-corrected chi connectivity index (χ0v) is 11.9. The molecule has 0 saturated heterocycles. The van der Waals surface area contributed by atoms with Gasteiger partial charge in [0.05, 0.1) is 12.7 Å². The van der Waals surface area contributed by atoms with Crippen molar-refractivity contribution in [2.75, 3.05) is 11.9 Å². The van der Waals surface area contributed by atoms with Crippen molar-refractivity contribution in [3.05, 3.63) is 46.4 Å². The highest BCUT2D eigenvalue weighted by Gasteiger charge is 2.09. The number of aromatic nitrogens is 5. The Hall–Kier alpha value is -2.70. The summed E-state index contributed by atoms with van der Waals surface area (Å²) in [5, 5.41) is 15.8. The Kier molecular flexibility index (Phi) is 3.39. The van der Waals surface area contributed by atoms with Gasteiger partial charge in [0.1, 0.15) is 5.39 Å². The van der Waals surface area contributed by atoms with E-state index in [0.717, 1.165) is 5.69 Å². The maximum Gasteiger partial charge on any atom is 0.280 e. The number of para-hydroxylation sites is 1. The second-order valence-electron chi connectivity index (χ2n) is 4.86. The fraction of sp³-hybridized carbons (Fsp3) is 0.286. The Balaban J connectivity index is 1.75. The summed E-state index contributed by atoms with van der Waals surface area (Å²) in [5.41, 5.74) is 2.56. The summed E-state index contributed by atoms with van der Waals surface area (Å²) in [5.74, 6) is 0. The molecule has 0 spiro atoms. The summed E-state index contributed by atoms with van der Waals surface area (Å²) >= 11 is 0. The van der Waals surface area contributed by atoms with Crippen LogP contribution in [0.5, 0.6) is 0 Å². The van der Waals surface area contributed by atoms with Gasteiger partial charge >= 0.3 is 0 Å². The third-order valence-electron chi connectivity index (χ3n) is 3.40. The van der Waals surface area contributed by atoms with Crippen LogP contribution in [0.3, 0.4) is 0 Å². The van der Waals surface area contributed by atoms with Crippen molar-refractivity contribution in [1.82, 2.24) is 24.8 Å². The minimum Gasteiger partial charge on any atom is -0.383 e. The Labute approximate surface area is 121 Å². The van der Waals surface area contributed by atoms with E-state index in [9.17, 15) is 4.79 Å². The zero-order valence-electron chi connectivity index (χ0n) is 11.9. The summed E-state index contributed by atoms with van der Waals surface area (Å²) < 4.78 is 2.90. The molecule has 0 aliphatic carbocycles. The van der Waals surface area contributed by atoms with Crippen molar-refractivity contribution >= 4 is 16.7 Å². The van der Waals surface area contributed by atoms with Crippen LogP contribution < -0.4 is 10.9 Å². The van der Waals surface area contributed by atoms with E-state index in [1.54, 1.807) is 11.7 Å². The molecule has 7 nitrogen and oxygen atoms in total. The van der Waals surface area contributed by atoms with Gasteiger partial charge in [-0.15, -0.1) is 5.10 Å². The smallest absolute Gasteiger partial charge is 0.280 e. The molecule has 3 rings (SSSR count). The molecule has 0 atom stereocenters. The number of aryl methyl sites for hydroxylation is 2. The normalized spacial score (nSPS) is 11.0. The van der Waals surface area contributed by atoms with E-state index < -0.39 is 0 Å². The van der Waals surface area contributed by atoms with Crippen molar-refractivity contribution in [1.29, 1.82) is 0 Å². The van der Waals surface area contributed by atoms with Crippen LogP contribution >= 0.6 is 0 Å². The molecular weight excluding hydrogens is 268 g/mol. The molecule has 1 aromatic carbocycles. The van der Waals surface area contributed by atoms with Gasteiger partial charge in [0.2, 0.25) is 0 Å². The Morgan fingerprint density at radius 3 is 2.90 bits per heavy atom. The number of benzene rings is 1. The number of hydrogen-bond donors (Lipinski definition) is 1. The van der Waals surface area contributed by atoms with Gasteiger partial charge in [-0.1, -0.05) is 23.4 Å². The highest BCUT2D eigenvalue weighted by molar-refractivity contribution is 5.72. The lowest BCUT2D eigenvalue weighted by Gasteiger charge is -2.09. The number of nitrogens with zero attached hydrogens (tertiary/aromatic N) is 5. The average molecular weight is 284 g/mol. The van der Waals surface area contributed by atoms with Crippen LogP contribution in [-0.2, 0) is 13.6 Å². The monoisotopic (exact) mass is 284 g/mol. The van der Waals surface area contributed by atoms with Crippen molar-refractivity contribution in [3.63, 3.8) is 0 Å². The molecular formula is C14H16N6O. The second kappa shape index (κ2) is 5.35. The molecule has 0 fully saturated rings. The molecule has 2 aromatic heterocycles. The summed E-state index contributed by atoms with van der Waals surface area (Å²) in [4.78, 5) is 12.2. The van der Waals surface area contributed by atoms with E-state index in [0.29, 0.717) is 24.1 Å². The predicted molar refractivity (Wildman–Crippen MR) is 80.2 cm³/mol. The first-order chi connectivity index (χ1) is 10.2. The van der Waals surface area contributed by atoms with Crippen LogP contribution in [0.4, 0.5) is 5.69 Å². The third-order valence-corrected chi connectivity index (χ3v) is 3.40. The van der Waals surface area contributed by atoms with Crippen LogP contribution in [0.15, 0.2) is 35.3 Å². The second-order valence-corrected chi connectivity index (χ2v) is 4.86. The Bertz CT molecular complexity index is 835. The summed E-state index contributed by atoms with van der Waals surface area (Å²) in [6, 6.07) is 8.01. The maximum atomic E-state index is 12.2. The molecule has 1 N–H and O–H groups in total. The SMILES string of the molecule is Cc1ccccc1NCCn1nnc2c(cnn2C)c1=O. The molecule has 0 amide bonds. The number of nitrogens with one attached hydrogen (secondary N) is 1. The van der Waals surface area contributed by atoms with Gasteiger partial charge in [-0.2, -0.15) is 5.10 Å². The van der Waals surface area contributed by atoms with E-state index in [2.05, 4.69) is 20.7 Å². The van der Waals surface area contributed by atoms with Gasteiger partial charge in [-0.05, 0) is 18.6 Å². The lowest BCUT2D eigenvalue weighted by atomic mass is 10.2. The number of anilines is 1. The quantitative estimate of drug-likeness (QED) is 0.771. The largest absolute Gasteiger partial charge is 0.383 e. The van der Waals surface area contributed by atoms with Crippen molar-refractivity contribution in [3.8, 4) is 0 Å². The van der Waals surface area contributed by atoms with Crippen LogP contribution in [0.2, 0.25) is 0 Å². The van der Waals surface area contributed by atoms with Gasteiger partial charge in [0.25, 0.3) is 5.56 Å². The van der Waals surface area contributed by atoms with Gasteiger partial charge in [-0.25, -0.2) is 9.36 Å². The van der Waals surface area contributed by atoms with Crippen LogP contribution in [0, 0.1) is 6.92 Å². The summed E-state index contributed by atoms with van der Waals surface area (Å²) in [6.07, 6.45) is 1.53. The molecule has 0 bridgehead atoms. The van der Waals surface area contributed by atoms with Gasteiger partial charge in [0, 0.05) is 19.3 Å². The molecule has 2 heterocycles. The first kappa shape index (κ1) is 13.3. The van der Waals surface area contributed by atoms with E-state index in [4.69, 9.17) is 0 Å². The van der Waals surface area contributed by atoms with E-state index >= 15 is 0 Å². The van der Waals surface area contributed by atoms with E-state index in [1.807, 2.05) is 31.2 Å². The number of hydrogen-bond acceptors (Lipinski definition) is 5. The molecule has 21 heavy (non-hydrogen) atoms. The van der Waals surface area contributed by atoms with Crippen molar-refractivity contribution in [2.45, 2.75) is 13.5 Å². The van der Waals surface area contributed by atoms with Crippen LogP contribution in [-0.4, -0.2) is 31.3 Å². The van der Waals surface area contributed by atoms with Crippen LogP contribution in [0.25, 0.3) is 11.0 Å². The highest BCUT2D eigenvalue weighted by Crippen LogP contribution is 2.12. The molecule has 0 unspecified atom stereocenters. The Morgan fingerprint density at radius 2 is 2.10 bits per heavy atom. The van der Waals surface area contributed by atoms with E-state index in [1.165, 1.54) is 16.4 Å². The summed E-state index contributed by atoms with van der Waals surface area (Å²) in [7, 11) is 1.74. The lowest BCUT2D eigenvalue weighted by molar-refractivity contribution is 0.562. The first-order valence-electron chi connectivity index (χ1n) is 6.72. The van der Waals surface area contributed by atoms with Crippen LogP contribution in [0.1, 0.15) is 5.56 Å². The molecule has 108 valence electrons. The zero-order chi connectivity index (χ0) is 14.8. The van der Waals surface area contributed by atoms with Gasteiger partial charge in [-0.3, -0.25) is 4.79 Å². The predicted octanol–water partition coefficient (Wildman–Crippen LogP) is 0.946. The highest BCUT2D eigenvalue weighted by atomic mass is 16.1. The van der Waals surface area contributed by atoms with Gasteiger partial charge in [0.15, 0.2) is 5.65 Å². The average Bonchev–Trinajstić information content (AvgIpc) is 2.86. The lowest BCUT2D eigenvalue weighted by Crippen LogP contribution is -2.27. The molecule has 3 aromatic rings. The minimum absolute atomic E-state index is 0.167. The van der Waals surface area contributed by atoms with Crippen molar-refractivity contribution in [2.24, 2.45) is 7.05 Å². The fourth-order valence-corrected chi connectivity index (χ4v) is 2.19. The fourth-order valence-electron chi connectivity index (χ4n) is 2.19. The number of fused-ring (bicyclic) bond motifs is 1. The summed E-state index contributed by atoms with van der Waals surface area (Å²) in [6.45, 7) is 3.09. The van der Waals surface area contributed by atoms with Gasteiger partial charge < -0.3 is 5.32 Å². The first-order valence-corrected chi connectivity index (χ1v) is 6.72. The molecule has 0 aliphatic heterocycles. The van der Waals surface area contributed by atoms with Crippen molar-refractivity contribution < 1.29 is 0 Å². The number of rotatable bonds is 4.